The highest BCUT2D eigenvalue weighted by molar-refractivity contribution is 5.61. The van der Waals surface area contributed by atoms with Crippen LogP contribution < -0.4 is 4.74 Å². The number of nitrogens with zero attached hydrogens (tertiary/aromatic N) is 2. The van der Waals surface area contributed by atoms with E-state index in [1.54, 1.807) is 13.2 Å². The molecule has 0 radical (unpaired) electrons. The van der Waals surface area contributed by atoms with Gasteiger partial charge in [-0.3, -0.25) is 10.1 Å². The van der Waals surface area contributed by atoms with Crippen LogP contribution in [-0.4, -0.2) is 30.5 Å². The van der Waals surface area contributed by atoms with E-state index in [2.05, 4.69) is 18.9 Å². The van der Waals surface area contributed by atoms with E-state index in [1.165, 1.54) is 5.56 Å². The standard InChI is InChI=1S/C15H20N2O3/c1-9-6-12(9)14-11-4-5-16(2)8-10(11)7-13(17(18)19)15(14)20-3/h7,9,12H,4-6,8H2,1-3H3. The fourth-order valence-corrected chi connectivity index (χ4v) is 3.34. The van der Waals surface area contributed by atoms with E-state index in [9.17, 15) is 10.1 Å². The maximum atomic E-state index is 11.3. The highest BCUT2D eigenvalue weighted by Crippen LogP contribution is 2.54. The van der Waals surface area contributed by atoms with Crippen molar-refractivity contribution in [3.05, 3.63) is 32.9 Å². The molecule has 1 heterocycles. The fraction of sp³-hybridized carbons (Fsp3) is 0.600. The third kappa shape index (κ3) is 2.06. The Morgan fingerprint density at radius 3 is 2.75 bits per heavy atom. The number of rotatable bonds is 3. The van der Waals surface area contributed by atoms with Crippen LogP contribution in [0.3, 0.4) is 0 Å². The molecule has 0 N–H and O–H groups in total. The van der Waals surface area contributed by atoms with Crippen LogP contribution in [-0.2, 0) is 13.0 Å². The minimum Gasteiger partial charge on any atom is -0.490 e. The van der Waals surface area contributed by atoms with E-state index in [4.69, 9.17) is 4.74 Å². The molecule has 1 aliphatic heterocycles. The molecule has 1 fully saturated rings. The van der Waals surface area contributed by atoms with E-state index >= 15 is 0 Å². The Morgan fingerprint density at radius 2 is 2.20 bits per heavy atom. The van der Waals surface area contributed by atoms with E-state index in [0.717, 1.165) is 37.1 Å². The Balaban J connectivity index is 2.20. The second-order valence-corrected chi connectivity index (χ2v) is 6.04. The van der Waals surface area contributed by atoms with E-state index in [0.29, 0.717) is 17.6 Å². The second-order valence-electron chi connectivity index (χ2n) is 6.04. The van der Waals surface area contributed by atoms with Crippen molar-refractivity contribution >= 4 is 5.69 Å². The van der Waals surface area contributed by atoms with Crippen molar-refractivity contribution in [2.45, 2.75) is 32.2 Å². The number of hydrogen-bond donors (Lipinski definition) is 0. The molecule has 2 aliphatic rings. The predicted molar refractivity (Wildman–Crippen MR) is 76.2 cm³/mol. The van der Waals surface area contributed by atoms with Crippen LogP contribution >= 0.6 is 0 Å². The van der Waals surface area contributed by atoms with Gasteiger partial charge in [0.1, 0.15) is 0 Å². The Morgan fingerprint density at radius 1 is 1.50 bits per heavy atom. The third-order valence-electron chi connectivity index (χ3n) is 4.57. The van der Waals surface area contributed by atoms with Crippen molar-refractivity contribution in [2.75, 3.05) is 20.7 Å². The van der Waals surface area contributed by atoms with Crippen LogP contribution in [0.25, 0.3) is 0 Å². The molecule has 1 aliphatic carbocycles. The summed E-state index contributed by atoms with van der Waals surface area (Å²) in [6.07, 6.45) is 2.07. The molecule has 0 aromatic heterocycles. The molecular weight excluding hydrogens is 256 g/mol. The van der Waals surface area contributed by atoms with Crippen molar-refractivity contribution in [3.63, 3.8) is 0 Å². The lowest BCUT2D eigenvalue weighted by atomic mass is 9.90. The van der Waals surface area contributed by atoms with Crippen LogP contribution in [0.15, 0.2) is 6.07 Å². The van der Waals surface area contributed by atoms with Crippen molar-refractivity contribution < 1.29 is 9.66 Å². The maximum absolute atomic E-state index is 11.3. The van der Waals surface area contributed by atoms with E-state index < -0.39 is 0 Å². The van der Waals surface area contributed by atoms with Crippen LogP contribution in [0.2, 0.25) is 0 Å². The van der Waals surface area contributed by atoms with Gasteiger partial charge < -0.3 is 9.64 Å². The molecule has 1 aromatic carbocycles. The molecule has 20 heavy (non-hydrogen) atoms. The number of likely N-dealkylation sites (N-methyl/N-ethyl adjacent to an activating group) is 1. The van der Waals surface area contributed by atoms with Gasteiger partial charge in [-0.1, -0.05) is 6.92 Å². The number of methoxy groups -OCH3 is 1. The second kappa shape index (κ2) is 4.74. The zero-order valence-electron chi connectivity index (χ0n) is 12.2. The van der Waals surface area contributed by atoms with Gasteiger partial charge >= 0.3 is 5.69 Å². The summed E-state index contributed by atoms with van der Waals surface area (Å²) in [5.74, 6) is 1.53. The maximum Gasteiger partial charge on any atom is 0.311 e. The molecule has 1 aromatic rings. The summed E-state index contributed by atoms with van der Waals surface area (Å²) in [5, 5.41) is 11.3. The lowest BCUT2D eigenvalue weighted by Crippen LogP contribution is -2.27. The molecule has 0 amide bonds. The third-order valence-corrected chi connectivity index (χ3v) is 4.57. The van der Waals surface area contributed by atoms with E-state index in [-0.39, 0.29) is 10.6 Å². The molecule has 5 heteroatoms. The average Bonchev–Trinajstić information content (AvgIpc) is 3.12. The Labute approximate surface area is 118 Å². The number of nitro benzene ring substituents is 1. The van der Waals surface area contributed by atoms with Gasteiger partial charge in [-0.25, -0.2) is 0 Å². The van der Waals surface area contributed by atoms with Crippen LogP contribution in [0, 0.1) is 16.0 Å². The largest absolute Gasteiger partial charge is 0.490 e. The van der Waals surface area contributed by atoms with Gasteiger partial charge in [-0.05, 0) is 42.9 Å². The minimum atomic E-state index is -0.315. The predicted octanol–water partition coefficient (Wildman–Crippen LogP) is 2.71. The fourth-order valence-electron chi connectivity index (χ4n) is 3.34. The summed E-state index contributed by atoms with van der Waals surface area (Å²) in [6, 6.07) is 1.71. The Bertz CT molecular complexity index is 571. The van der Waals surface area contributed by atoms with Crippen molar-refractivity contribution in [1.82, 2.24) is 4.90 Å². The zero-order valence-corrected chi connectivity index (χ0v) is 12.2. The smallest absolute Gasteiger partial charge is 0.311 e. The Kier molecular flexibility index (Phi) is 3.17. The molecule has 5 nitrogen and oxygen atoms in total. The monoisotopic (exact) mass is 276 g/mol. The summed E-state index contributed by atoms with van der Waals surface area (Å²) in [4.78, 5) is 13.2. The number of benzene rings is 1. The summed E-state index contributed by atoms with van der Waals surface area (Å²) in [6.45, 7) is 3.99. The van der Waals surface area contributed by atoms with Crippen LogP contribution in [0.5, 0.6) is 5.75 Å². The normalized spacial score (nSPS) is 25.1. The molecular formula is C15H20N2O3. The van der Waals surface area contributed by atoms with Gasteiger partial charge in [0, 0.05) is 24.7 Å². The molecule has 108 valence electrons. The Hall–Kier alpha value is -1.62. The van der Waals surface area contributed by atoms with Gasteiger partial charge in [0.15, 0.2) is 0 Å². The first-order valence-electron chi connectivity index (χ1n) is 7.08. The minimum absolute atomic E-state index is 0.121. The molecule has 0 spiro atoms. The molecule has 2 atom stereocenters. The first-order valence-corrected chi connectivity index (χ1v) is 7.08. The van der Waals surface area contributed by atoms with Crippen molar-refractivity contribution in [2.24, 2.45) is 5.92 Å². The van der Waals surface area contributed by atoms with Crippen LogP contribution in [0.4, 0.5) is 5.69 Å². The highest BCUT2D eigenvalue weighted by atomic mass is 16.6. The molecule has 0 saturated heterocycles. The molecule has 1 saturated carbocycles. The van der Waals surface area contributed by atoms with Gasteiger partial charge in [0.05, 0.1) is 12.0 Å². The molecule has 3 rings (SSSR count). The van der Waals surface area contributed by atoms with Crippen molar-refractivity contribution in [3.8, 4) is 5.75 Å². The number of nitro groups is 1. The first-order chi connectivity index (χ1) is 9.52. The molecule has 0 bridgehead atoms. The lowest BCUT2D eigenvalue weighted by molar-refractivity contribution is -0.385. The van der Waals surface area contributed by atoms with Gasteiger partial charge in [-0.15, -0.1) is 0 Å². The first kappa shape index (κ1) is 13.4. The average molecular weight is 276 g/mol. The lowest BCUT2D eigenvalue weighted by Gasteiger charge is -2.28. The van der Waals surface area contributed by atoms with E-state index in [1.807, 2.05) is 0 Å². The number of hydrogen-bond acceptors (Lipinski definition) is 4. The number of ether oxygens (including phenoxy) is 1. The SMILES string of the molecule is COc1c([N+](=O)[O-])cc2c(c1C1CC1C)CCN(C)C2. The van der Waals surface area contributed by atoms with Gasteiger partial charge in [0.2, 0.25) is 5.75 Å². The summed E-state index contributed by atoms with van der Waals surface area (Å²) in [7, 11) is 3.60. The topological polar surface area (TPSA) is 55.6 Å². The summed E-state index contributed by atoms with van der Waals surface area (Å²) < 4.78 is 5.43. The number of fused-ring (bicyclic) bond motifs is 1. The summed E-state index contributed by atoms with van der Waals surface area (Å²) in [5.41, 5.74) is 3.62. The zero-order chi connectivity index (χ0) is 14.4. The van der Waals surface area contributed by atoms with Gasteiger partial charge in [0.25, 0.3) is 0 Å². The van der Waals surface area contributed by atoms with Crippen molar-refractivity contribution in [1.29, 1.82) is 0 Å². The molecule has 2 unspecified atom stereocenters. The quantitative estimate of drug-likeness (QED) is 0.629. The van der Waals surface area contributed by atoms with Crippen LogP contribution in [0.1, 0.15) is 36.0 Å². The highest BCUT2D eigenvalue weighted by Gasteiger charge is 2.41. The van der Waals surface area contributed by atoms with Gasteiger partial charge in [-0.2, -0.15) is 0 Å². The summed E-state index contributed by atoms with van der Waals surface area (Å²) >= 11 is 0.